The van der Waals surface area contributed by atoms with Crippen LogP contribution in [0.25, 0.3) is 10.9 Å². The zero-order valence-electron chi connectivity index (χ0n) is 14.2. The van der Waals surface area contributed by atoms with Gasteiger partial charge >= 0.3 is 0 Å². The molecule has 2 amide bonds. The van der Waals surface area contributed by atoms with E-state index in [1.54, 1.807) is 31.4 Å². The van der Waals surface area contributed by atoms with Gasteiger partial charge in [0, 0.05) is 23.7 Å². The number of hydrogen-bond donors (Lipinski definition) is 0. The Morgan fingerprint density at radius 3 is 2.24 bits per heavy atom. The van der Waals surface area contributed by atoms with Crippen LogP contribution in [0.2, 0.25) is 0 Å². The third-order valence-corrected chi connectivity index (χ3v) is 4.71. The minimum absolute atomic E-state index is 0.230. The predicted molar refractivity (Wildman–Crippen MR) is 94.8 cm³/mol. The highest BCUT2D eigenvalue weighted by Gasteiger charge is 2.35. The number of ether oxygens (including phenoxy) is 1. The van der Waals surface area contributed by atoms with Crippen molar-refractivity contribution in [2.45, 2.75) is 20.0 Å². The fraction of sp³-hybridized carbons (Fsp3) is 0.200. The molecule has 0 aliphatic carbocycles. The Balaban J connectivity index is 1.74. The van der Waals surface area contributed by atoms with Crippen molar-refractivity contribution in [3.05, 3.63) is 65.4 Å². The summed E-state index contributed by atoms with van der Waals surface area (Å²) in [6.07, 6.45) is 0. The second kappa shape index (κ2) is 5.77. The first-order valence-electron chi connectivity index (χ1n) is 8.25. The van der Waals surface area contributed by atoms with Gasteiger partial charge in [0.2, 0.25) is 0 Å². The normalized spacial score (nSPS) is 13.6. The maximum Gasteiger partial charge on any atom is 0.261 e. The van der Waals surface area contributed by atoms with Crippen molar-refractivity contribution in [2.24, 2.45) is 0 Å². The molecule has 0 bridgehead atoms. The molecule has 0 saturated heterocycles. The van der Waals surface area contributed by atoms with Gasteiger partial charge in [0.05, 0.1) is 30.3 Å². The van der Waals surface area contributed by atoms with Crippen molar-refractivity contribution in [3.8, 4) is 5.75 Å². The first-order valence-corrected chi connectivity index (χ1v) is 8.25. The van der Waals surface area contributed by atoms with Gasteiger partial charge in [-0.15, -0.1) is 0 Å². The molecule has 0 saturated carbocycles. The van der Waals surface area contributed by atoms with Crippen LogP contribution in [0.15, 0.2) is 48.5 Å². The molecule has 2 heterocycles. The monoisotopic (exact) mass is 334 g/mol. The van der Waals surface area contributed by atoms with Crippen LogP contribution in [0.1, 0.15) is 33.3 Å². The molecule has 0 spiro atoms. The number of hydrogen-bond acceptors (Lipinski definition) is 3. The summed E-state index contributed by atoms with van der Waals surface area (Å²) in [6, 6.07) is 14.9. The standard InChI is InChI=1S/C20H18N2O3/c1-3-21-14(10-13-8-9-15(25-2)11-18(13)21)12-22-19(23)16-6-4-5-7-17(16)20(22)24/h4-11H,3,12H2,1-2H3. The fourth-order valence-electron chi connectivity index (χ4n) is 3.47. The first-order chi connectivity index (χ1) is 12.1. The van der Waals surface area contributed by atoms with Gasteiger partial charge in [0.25, 0.3) is 11.8 Å². The smallest absolute Gasteiger partial charge is 0.261 e. The van der Waals surface area contributed by atoms with E-state index in [4.69, 9.17) is 4.74 Å². The number of imide groups is 1. The Kier molecular flexibility index (Phi) is 3.57. The summed E-state index contributed by atoms with van der Waals surface area (Å²) in [5.74, 6) is 0.324. The van der Waals surface area contributed by atoms with Gasteiger partial charge in [-0.1, -0.05) is 12.1 Å². The van der Waals surface area contributed by atoms with E-state index in [9.17, 15) is 9.59 Å². The van der Waals surface area contributed by atoms with Crippen molar-refractivity contribution in [3.63, 3.8) is 0 Å². The van der Waals surface area contributed by atoms with E-state index < -0.39 is 0 Å². The molecule has 3 aromatic rings. The number of nitrogens with zero attached hydrogens (tertiary/aromatic N) is 2. The topological polar surface area (TPSA) is 51.5 Å². The summed E-state index contributed by atoms with van der Waals surface area (Å²) < 4.78 is 7.42. The van der Waals surface area contributed by atoms with Gasteiger partial charge in [0.15, 0.2) is 0 Å². The van der Waals surface area contributed by atoms with Crippen molar-refractivity contribution in [1.29, 1.82) is 0 Å². The maximum atomic E-state index is 12.6. The molecular formula is C20H18N2O3. The highest BCUT2D eigenvalue weighted by molar-refractivity contribution is 6.21. The number of aromatic nitrogens is 1. The Labute approximate surface area is 145 Å². The molecule has 0 unspecified atom stereocenters. The highest BCUT2D eigenvalue weighted by atomic mass is 16.5. The SMILES string of the molecule is CCn1c(CN2C(=O)c3ccccc3C2=O)cc2ccc(OC)cc21. The lowest BCUT2D eigenvalue weighted by Gasteiger charge is -2.16. The van der Waals surface area contributed by atoms with Gasteiger partial charge in [-0.05, 0) is 37.3 Å². The van der Waals surface area contributed by atoms with Crippen LogP contribution in [0.3, 0.4) is 0 Å². The number of rotatable bonds is 4. The van der Waals surface area contributed by atoms with E-state index in [1.165, 1.54) is 4.90 Å². The second-order valence-corrected chi connectivity index (χ2v) is 6.05. The second-order valence-electron chi connectivity index (χ2n) is 6.05. The molecule has 25 heavy (non-hydrogen) atoms. The molecule has 4 rings (SSSR count). The average molecular weight is 334 g/mol. The van der Waals surface area contributed by atoms with Crippen LogP contribution >= 0.6 is 0 Å². The molecule has 126 valence electrons. The molecule has 1 aliphatic heterocycles. The third-order valence-electron chi connectivity index (χ3n) is 4.71. The summed E-state index contributed by atoms with van der Waals surface area (Å²) in [7, 11) is 1.64. The average Bonchev–Trinajstić information content (AvgIpc) is 3.11. The Hall–Kier alpha value is -3.08. The van der Waals surface area contributed by atoms with Crippen molar-refractivity contribution < 1.29 is 14.3 Å². The van der Waals surface area contributed by atoms with Gasteiger partial charge in [-0.2, -0.15) is 0 Å². The number of methoxy groups -OCH3 is 1. The minimum atomic E-state index is -0.230. The number of benzene rings is 2. The molecule has 0 fully saturated rings. The van der Waals surface area contributed by atoms with E-state index in [0.717, 1.165) is 28.9 Å². The maximum absolute atomic E-state index is 12.6. The quantitative estimate of drug-likeness (QED) is 0.687. The molecule has 5 nitrogen and oxygen atoms in total. The van der Waals surface area contributed by atoms with Gasteiger partial charge in [0.1, 0.15) is 5.75 Å². The lowest BCUT2D eigenvalue weighted by molar-refractivity contribution is 0.0639. The summed E-state index contributed by atoms with van der Waals surface area (Å²) in [5.41, 5.74) is 2.93. The van der Waals surface area contributed by atoms with Gasteiger partial charge < -0.3 is 9.30 Å². The van der Waals surface area contributed by atoms with Gasteiger partial charge in [-0.3, -0.25) is 14.5 Å². The van der Waals surface area contributed by atoms with E-state index in [-0.39, 0.29) is 18.4 Å². The van der Waals surface area contributed by atoms with E-state index in [0.29, 0.717) is 11.1 Å². The van der Waals surface area contributed by atoms with Crippen LogP contribution in [-0.2, 0) is 13.1 Å². The number of aryl methyl sites for hydroxylation is 1. The Morgan fingerprint density at radius 2 is 1.64 bits per heavy atom. The molecule has 1 aliphatic rings. The fourth-order valence-corrected chi connectivity index (χ4v) is 3.47. The van der Waals surface area contributed by atoms with Crippen LogP contribution in [0.4, 0.5) is 0 Å². The van der Waals surface area contributed by atoms with Crippen molar-refractivity contribution in [2.75, 3.05) is 7.11 Å². The number of carbonyl (C=O) groups is 2. The lowest BCUT2D eigenvalue weighted by Crippen LogP contribution is -2.30. The first kappa shape index (κ1) is 15.4. The predicted octanol–water partition coefficient (Wildman–Crippen LogP) is 3.47. The van der Waals surface area contributed by atoms with Crippen LogP contribution in [0.5, 0.6) is 5.75 Å². The van der Waals surface area contributed by atoms with Gasteiger partial charge in [-0.25, -0.2) is 0 Å². The number of fused-ring (bicyclic) bond motifs is 2. The minimum Gasteiger partial charge on any atom is -0.497 e. The van der Waals surface area contributed by atoms with E-state index >= 15 is 0 Å². The Bertz CT molecular complexity index is 968. The van der Waals surface area contributed by atoms with Crippen LogP contribution in [0, 0.1) is 0 Å². The molecule has 0 N–H and O–H groups in total. The zero-order chi connectivity index (χ0) is 17.6. The molecule has 2 aromatic carbocycles. The van der Waals surface area contributed by atoms with Crippen LogP contribution in [-0.4, -0.2) is 28.4 Å². The molecule has 5 heteroatoms. The molecule has 0 radical (unpaired) electrons. The number of amides is 2. The molecular weight excluding hydrogens is 316 g/mol. The Morgan fingerprint density at radius 1 is 0.960 bits per heavy atom. The van der Waals surface area contributed by atoms with Crippen molar-refractivity contribution in [1.82, 2.24) is 9.47 Å². The van der Waals surface area contributed by atoms with E-state index in [2.05, 4.69) is 4.57 Å². The lowest BCUT2D eigenvalue weighted by atomic mass is 10.1. The van der Waals surface area contributed by atoms with Crippen LogP contribution < -0.4 is 4.74 Å². The third kappa shape index (κ3) is 2.31. The zero-order valence-corrected chi connectivity index (χ0v) is 14.2. The summed E-state index contributed by atoms with van der Waals surface area (Å²) in [6.45, 7) is 3.05. The molecule has 0 atom stereocenters. The summed E-state index contributed by atoms with van der Waals surface area (Å²) in [5, 5.41) is 1.06. The largest absolute Gasteiger partial charge is 0.497 e. The highest BCUT2D eigenvalue weighted by Crippen LogP contribution is 2.28. The summed E-state index contributed by atoms with van der Waals surface area (Å²) in [4.78, 5) is 26.5. The van der Waals surface area contributed by atoms with E-state index in [1.807, 2.05) is 31.2 Å². The summed E-state index contributed by atoms with van der Waals surface area (Å²) >= 11 is 0. The number of carbonyl (C=O) groups excluding carboxylic acids is 2. The van der Waals surface area contributed by atoms with Crippen molar-refractivity contribution >= 4 is 22.7 Å². The molecule has 1 aromatic heterocycles.